The number of allylic oxidation sites excluding steroid dienone is 1. The molecule has 46 heavy (non-hydrogen) atoms. The van der Waals surface area contributed by atoms with Crippen LogP contribution in [-0.4, -0.2) is 108 Å². The molecule has 1 amide bonds. The highest BCUT2D eigenvalue weighted by Crippen LogP contribution is 2.29. The van der Waals surface area contributed by atoms with Gasteiger partial charge in [-0.2, -0.15) is 10.2 Å². The second kappa shape index (κ2) is 14.0. The Morgan fingerprint density at radius 2 is 1.93 bits per heavy atom. The molecule has 0 bridgehead atoms. The number of rotatable bonds is 9. The Hall–Kier alpha value is -4.93. The molecular formula is C33H36FN9O3. The maximum atomic E-state index is 15.0. The third kappa shape index (κ3) is 7.30. The Labute approximate surface area is 267 Å². The van der Waals surface area contributed by atoms with Crippen molar-refractivity contribution in [2.24, 2.45) is 4.99 Å². The van der Waals surface area contributed by atoms with Crippen molar-refractivity contribution in [1.29, 1.82) is 5.26 Å². The summed E-state index contributed by atoms with van der Waals surface area (Å²) in [6.07, 6.45) is 0.608. The minimum absolute atomic E-state index is 0.122. The van der Waals surface area contributed by atoms with Gasteiger partial charge in [0, 0.05) is 61.8 Å². The van der Waals surface area contributed by atoms with E-state index in [0.717, 1.165) is 51.3 Å². The smallest absolute Gasteiger partial charge is 0.265 e. The summed E-state index contributed by atoms with van der Waals surface area (Å²) >= 11 is 0. The zero-order chi connectivity index (χ0) is 32.0. The second-order valence-corrected chi connectivity index (χ2v) is 11.6. The summed E-state index contributed by atoms with van der Waals surface area (Å²) in [4.78, 5) is 35.6. The number of benzene rings is 2. The Bertz CT molecular complexity index is 1630. The van der Waals surface area contributed by atoms with Crippen LogP contribution in [0.2, 0.25) is 0 Å². The summed E-state index contributed by atoms with van der Waals surface area (Å²) in [5.41, 5.74) is 3.31. The lowest BCUT2D eigenvalue weighted by Gasteiger charge is -2.43. The molecule has 2 atom stereocenters. The van der Waals surface area contributed by atoms with E-state index in [0.29, 0.717) is 35.6 Å². The first-order chi connectivity index (χ1) is 22.4. The number of hydrogen-bond donors (Lipinski definition) is 1. The first kappa shape index (κ1) is 31.1. The number of piperidine rings is 1. The minimum atomic E-state index is -1.42. The van der Waals surface area contributed by atoms with Crippen molar-refractivity contribution >= 4 is 29.4 Å². The number of ether oxygens (including phenoxy) is 2. The number of amides is 1. The van der Waals surface area contributed by atoms with E-state index in [1.54, 1.807) is 25.1 Å². The zero-order valence-electron chi connectivity index (χ0n) is 25.7. The number of alkyl halides is 1. The second-order valence-electron chi connectivity index (χ2n) is 11.6. The van der Waals surface area contributed by atoms with Crippen molar-refractivity contribution in [1.82, 2.24) is 24.8 Å². The van der Waals surface area contributed by atoms with Crippen molar-refractivity contribution in [3.63, 3.8) is 0 Å². The van der Waals surface area contributed by atoms with E-state index in [1.165, 1.54) is 16.9 Å². The van der Waals surface area contributed by atoms with E-state index in [1.807, 2.05) is 12.1 Å². The van der Waals surface area contributed by atoms with Gasteiger partial charge in [0.1, 0.15) is 24.3 Å². The van der Waals surface area contributed by atoms with E-state index in [9.17, 15) is 10.1 Å². The predicted molar refractivity (Wildman–Crippen MR) is 172 cm³/mol. The molecular weight excluding hydrogens is 589 g/mol. The number of carbonyl (C=O) groups excluding carboxylic acids is 1. The SMILES string of the molecule is C=C(C)/N=C/C(=O)N1CC[C@H](Oc2ccc(-c3ncnc(Nc4ccc(N5CCN(C6COC6)CC5)cc4)n3)cc2C#N)[C@H](F)C1. The molecule has 0 spiro atoms. The Morgan fingerprint density at radius 3 is 2.61 bits per heavy atom. The number of carbonyl (C=O) groups is 1. The lowest BCUT2D eigenvalue weighted by Crippen LogP contribution is -2.56. The minimum Gasteiger partial charge on any atom is -0.486 e. The molecule has 3 aromatic rings. The van der Waals surface area contributed by atoms with Crippen LogP contribution in [0.3, 0.4) is 0 Å². The van der Waals surface area contributed by atoms with Gasteiger partial charge in [-0.15, -0.1) is 0 Å². The van der Waals surface area contributed by atoms with Crippen LogP contribution < -0.4 is 15.0 Å². The zero-order valence-corrected chi connectivity index (χ0v) is 25.7. The van der Waals surface area contributed by atoms with Crippen molar-refractivity contribution in [3.8, 4) is 23.2 Å². The number of aromatic nitrogens is 3. The first-order valence-electron chi connectivity index (χ1n) is 15.3. The third-order valence-corrected chi connectivity index (χ3v) is 8.34. The van der Waals surface area contributed by atoms with Gasteiger partial charge in [-0.25, -0.2) is 14.4 Å². The van der Waals surface area contributed by atoms with Crippen LogP contribution in [-0.2, 0) is 9.53 Å². The molecule has 238 valence electrons. The van der Waals surface area contributed by atoms with Crippen LogP contribution in [0, 0.1) is 11.3 Å². The fourth-order valence-corrected chi connectivity index (χ4v) is 5.65. The average molecular weight is 626 g/mol. The number of nitrogens with zero attached hydrogens (tertiary/aromatic N) is 8. The molecule has 6 rings (SSSR count). The molecule has 13 heteroatoms. The standard InChI is InChI=1S/C33H36FN9O3/c1-22(2)36-17-31(44)43-10-9-30(28(34)18-43)46-29-8-3-23(15-24(29)16-35)32-37-21-38-33(40-32)39-25-4-6-26(7-5-25)41-11-13-42(14-12-41)27-19-45-20-27/h3-8,15,17,21,27-28,30H,1,9-14,18-20H2,2H3,(H,37,38,39,40)/b36-17+/t28-,30+/m1/s1. The summed E-state index contributed by atoms with van der Waals surface area (Å²) in [5.74, 6) is 0.619. The monoisotopic (exact) mass is 625 g/mol. The Morgan fingerprint density at radius 1 is 1.15 bits per heavy atom. The Kier molecular flexibility index (Phi) is 9.46. The molecule has 4 heterocycles. The number of nitrogens with one attached hydrogen (secondary N) is 1. The van der Waals surface area contributed by atoms with Crippen molar-refractivity contribution < 1.29 is 18.7 Å². The molecule has 12 nitrogen and oxygen atoms in total. The van der Waals surface area contributed by atoms with Gasteiger partial charge < -0.3 is 24.6 Å². The van der Waals surface area contributed by atoms with Crippen LogP contribution >= 0.6 is 0 Å². The van der Waals surface area contributed by atoms with E-state index in [2.05, 4.69) is 59.8 Å². The number of aliphatic imine (C=N–C) groups is 1. The molecule has 0 aliphatic carbocycles. The van der Waals surface area contributed by atoms with Crippen LogP contribution in [0.15, 0.2) is 66.1 Å². The summed E-state index contributed by atoms with van der Waals surface area (Å²) in [6.45, 7) is 11.2. The van der Waals surface area contributed by atoms with E-state index in [-0.39, 0.29) is 30.2 Å². The number of halogens is 1. The predicted octanol–water partition coefficient (Wildman–Crippen LogP) is 3.60. The molecule has 3 aliphatic rings. The van der Waals surface area contributed by atoms with Gasteiger partial charge in [0.2, 0.25) is 5.95 Å². The Balaban J connectivity index is 1.06. The van der Waals surface area contributed by atoms with E-state index >= 15 is 4.39 Å². The van der Waals surface area contributed by atoms with Crippen molar-refractivity contribution in [2.45, 2.75) is 31.7 Å². The quantitative estimate of drug-likeness (QED) is 0.352. The highest BCUT2D eigenvalue weighted by atomic mass is 19.1. The average Bonchev–Trinajstić information content (AvgIpc) is 3.05. The number of anilines is 3. The highest BCUT2D eigenvalue weighted by Gasteiger charge is 2.33. The molecule has 0 unspecified atom stereocenters. The fourth-order valence-electron chi connectivity index (χ4n) is 5.65. The molecule has 1 aromatic heterocycles. The van der Waals surface area contributed by atoms with Crippen LogP contribution in [0.1, 0.15) is 18.9 Å². The van der Waals surface area contributed by atoms with E-state index < -0.39 is 12.3 Å². The van der Waals surface area contributed by atoms with Crippen molar-refractivity contribution in [2.75, 3.05) is 62.7 Å². The first-order valence-corrected chi connectivity index (χ1v) is 15.3. The lowest BCUT2D eigenvalue weighted by atomic mass is 10.0. The number of piperazine rings is 1. The molecule has 3 aliphatic heterocycles. The summed E-state index contributed by atoms with van der Waals surface area (Å²) in [7, 11) is 0. The highest BCUT2D eigenvalue weighted by molar-refractivity contribution is 6.26. The van der Waals surface area contributed by atoms with Crippen LogP contribution in [0.4, 0.5) is 21.7 Å². The summed E-state index contributed by atoms with van der Waals surface area (Å²) in [5, 5.41) is 13.1. The van der Waals surface area contributed by atoms with Gasteiger partial charge in [0.05, 0.1) is 37.6 Å². The van der Waals surface area contributed by atoms with Crippen molar-refractivity contribution in [3.05, 3.63) is 66.6 Å². The van der Waals surface area contributed by atoms with Crippen LogP contribution in [0.25, 0.3) is 11.4 Å². The number of nitriles is 1. The third-order valence-electron chi connectivity index (χ3n) is 8.34. The van der Waals surface area contributed by atoms with Gasteiger partial charge in [-0.3, -0.25) is 14.7 Å². The maximum absolute atomic E-state index is 15.0. The van der Waals surface area contributed by atoms with Gasteiger partial charge in [0.15, 0.2) is 12.0 Å². The summed E-state index contributed by atoms with van der Waals surface area (Å²) in [6, 6.07) is 15.8. The van der Waals surface area contributed by atoms with Crippen LogP contribution in [0.5, 0.6) is 5.75 Å². The normalized spacial score (nSPS) is 20.6. The van der Waals surface area contributed by atoms with E-state index in [4.69, 9.17) is 9.47 Å². The number of hydrogen-bond acceptors (Lipinski definition) is 11. The van der Waals surface area contributed by atoms with Gasteiger partial charge in [-0.1, -0.05) is 6.58 Å². The molecule has 3 saturated heterocycles. The molecule has 2 aromatic carbocycles. The summed E-state index contributed by atoms with van der Waals surface area (Å²) < 4.78 is 26.3. The van der Waals surface area contributed by atoms with Gasteiger partial charge >= 0.3 is 0 Å². The maximum Gasteiger partial charge on any atom is 0.265 e. The number of likely N-dealkylation sites (tertiary alicyclic amines) is 1. The lowest BCUT2D eigenvalue weighted by molar-refractivity contribution is -0.127. The van der Waals surface area contributed by atoms with Gasteiger partial charge in [0.25, 0.3) is 5.91 Å². The largest absolute Gasteiger partial charge is 0.486 e. The molecule has 0 radical (unpaired) electrons. The molecule has 1 N–H and O–H groups in total. The fraction of sp³-hybridized carbons (Fsp3) is 0.394. The molecule has 3 fully saturated rings. The topological polar surface area (TPSA) is 132 Å². The van der Waals surface area contributed by atoms with Gasteiger partial charge in [-0.05, 0) is 49.4 Å². The molecule has 0 saturated carbocycles.